The summed E-state index contributed by atoms with van der Waals surface area (Å²) in [5.74, 6) is -2.55. The zero-order valence-electron chi connectivity index (χ0n) is 17.3. The number of benzene rings is 2. The second-order valence-corrected chi connectivity index (χ2v) is 7.12. The Morgan fingerprint density at radius 1 is 0.875 bits per heavy atom. The zero-order valence-corrected chi connectivity index (χ0v) is 17.3. The largest absolute Gasteiger partial charge is 0.449 e. The van der Waals surface area contributed by atoms with Crippen molar-refractivity contribution in [2.24, 2.45) is 0 Å². The Balaban J connectivity index is 2.31. The fraction of sp³-hybridized carbons (Fsp3) is 0.190. The fourth-order valence-electron chi connectivity index (χ4n) is 3.45. The molecule has 0 saturated heterocycles. The smallest absolute Gasteiger partial charge is 0.365 e. The highest BCUT2D eigenvalue weighted by atomic mass is 16.7. The molecule has 11 heteroatoms. The number of para-hydroxylation sites is 1. The van der Waals surface area contributed by atoms with E-state index in [4.69, 9.17) is 9.47 Å². The maximum Gasteiger partial charge on any atom is 0.365 e. The molecule has 3 rings (SSSR count). The van der Waals surface area contributed by atoms with Gasteiger partial charge in [0, 0.05) is 6.08 Å². The van der Waals surface area contributed by atoms with Crippen LogP contribution in [0.5, 0.6) is 11.5 Å². The molecule has 1 atom stereocenters. The molecule has 0 N–H and O–H groups in total. The maximum atomic E-state index is 12.0. The average molecular weight is 440 g/mol. The molecule has 0 bridgehead atoms. The Labute approximate surface area is 182 Å². The Hall–Kier alpha value is -4.41. The van der Waals surface area contributed by atoms with Crippen LogP contribution >= 0.6 is 0 Å². The van der Waals surface area contributed by atoms with Gasteiger partial charge < -0.3 is 9.47 Å². The van der Waals surface area contributed by atoms with Gasteiger partial charge in [0.2, 0.25) is 6.04 Å². The maximum absolute atomic E-state index is 12.0. The van der Waals surface area contributed by atoms with Gasteiger partial charge in [0.15, 0.2) is 0 Å². The molecule has 0 aromatic heterocycles. The molecular formula is C21H18N3O8-. The molecule has 0 fully saturated rings. The van der Waals surface area contributed by atoms with E-state index in [1.54, 1.807) is 44.2 Å². The highest BCUT2D eigenvalue weighted by molar-refractivity contribution is 5.46. The predicted octanol–water partition coefficient (Wildman–Crippen LogP) is 3.91. The summed E-state index contributed by atoms with van der Waals surface area (Å²) >= 11 is 0. The minimum atomic E-state index is -2.70. The first-order valence-electron chi connectivity index (χ1n) is 9.30. The van der Waals surface area contributed by atoms with Crippen molar-refractivity contribution in [2.75, 3.05) is 0 Å². The summed E-state index contributed by atoms with van der Waals surface area (Å²) in [6.45, 7) is 5.19. The van der Waals surface area contributed by atoms with Gasteiger partial charge in [-0.3, -0.25) is 30.3 Å². The number of ether oxygens (including phenoxy) is 2. The highest BCUT2D eigenvalue weighted by Crippen LogP contribution is 2.43. The second kappa shape index (κ2) is 8.38. The van der Waals surface area contributed by atoms with E-state index in [0.717, 1.165) is 5.56 Å². The van der Waals surface area contributed by atoms with Crippen LogP contribution in [0, 0.1) is 57.2 Å². The SMILES string of the molecule is Cc1cc(C)c(OC2(Oc3ccccc3)C([N+](=O)[O-])=CC([N+](=O)[O-])=C[C-]2[N+](=O)[O-])c(C)c1. The van der Waals surface area contributed by atoms with Gasteiger partial charge in [-0.15, -0.1) is 0 Å². The normalized spacial score (nSPS) is 17.8. The lowest BCUT2D eigenvalue weighted by Gasteiger charge is -2.38. The predicted molar refractivity (Wildman–Crippen MR) is 111 cm³/mol. The van der Waals surface area contributed by atoms with Crippen LogP contribution in [-0.4, -0.2) is 20.6 Å². The van der Waals surface area contributed by atoms with E-state index >= 15 is 0 Å². The van der Waals surface area contributed by atoms with Gasteiger partial charge in [-0.2, -0.15) is 0 Å². The first-order chi connectivity index (χ1) is 15.0. The third-order valence-corrected chi connectivity index (χ3v) is 4.70. The van der Waals surface area contributed by atoms with Crippen LogP contribution in [0.2, 0.25) is 0 Å². The van der Waals surface area contributed by atoms with Crippen molar-refractivity contribution >= 4 is 0 Å². The molecule has 0 radical (unpaired) electrons. The quantitative estimate of drug-likeness (QED) is 0.272. The van der Waals surface area contributed by atoms with E-state index in [2.05, 4.69) is 0 Å². The van der Waals surface area contributed by atoms with Crippen LogP contribution in [0.4, 0.5) is 0 Å². The fourth-order valence-corrected chi connectivity index (χ4v) is 3.45. The lowest BCUT2D eigenvalue weighted by Crippen LogP contribution is -2.55. The Kier molecular flexibility index (Phi) is 5.83. The van der Waals surface area contributed by atoms with E-state index in [0.29, 0.717) is 23.3 Å². The third kappa shape index (κ3) is 4.08. The van der Waals surface area contributed by atoms with Crippen molar-refractivity contribution in [3.8, 4) is 11.5 Å². The van der Waals surface area contributed by atoms with E-state index in [1.807, 2.05) is 6.92 Å². The monoisotopic (exact) mass is 440 g/mol. The van der Waals surface area contributed by atoms with Crippen molar-refractivity contribution in [3.05, 3.63) is 119 Å². The van der Waals surface area contributed by atoms with E-state index < -0.39 is 38.0 Å². The molecule has 11 nitrogen and oxygen atoms in total. The lowest BCUT2D eigenvalue weighted by atomic mass is 9.95. The minimum absolute atomic E-state index is 0.0278. The topological polar surface area (TPSA) is 148 Å². The number of nitro groups is 3. The van der Waals surface area contributed by atoms with Crippen LogP contribution in [0.15, 0.2) is 66.0 Å². The summed E-state index contributed by atoms with van der Waals surface area (Å²) in [4.78, 5) is 32.4. The number of hydrogen-bond acceptors (Lipinski definition) is 8. The number of aryl methyl sites for hydroxylation is 3. The molecule has 166 valence electrons. The minimum Gasteiger partial charge on any atom is -0.449 e. The summed E-state index contributed by atoms with van der Waals surface area (Å²) in [5, 5.41) is 35.3. The standard InChI is InChI=1S/C21H18N3O8/c1-13-9-14(2)20(15(3)10-13)32-21(31-17-7-5-4-6-8-17)18(23(27)28)11-16(22(25)26)12-19(21)24(29)30/h4-12H,1-3H3/q-1. The average Bonchev–Trinajstić information content (AvgIpc) is 2.70. The Morgan fingerprint density at radius 2 is 1.47 bits per heavy atom. The van der Waals surface area contributed by atoms with E-state index in [1.165, 1.54) is 12.1 Å². The van der Waals surface area contributed by atoms with Crippen molar-refractivity contribution < 1.29 is 24.2 Å². The molecule has 0 amide bonds. The van der Waals surface area contributed by atoms with Crippen molar-refractivity contribution in [2.45, 2.75) is 26.6 Å². The molecule has 0 spiro atoms. The van der Waals surface area contributed by atoms with E-state index in [9.17, 15) is 30.3 Å². The molecule has 0 aliphatic heterocycles. The Bertz CT molecular complexity index is 1140. The molecule has 2 aromatic carbocycles. The van der Waals surface area contributed by atoms with Gasteiger partial charge in [-0.05, 0) is 53.9 Å². The lowest BCUT2D eigenvalue weighted by molar-refractivity contribution is -0.517. The van der Waals surface area contributed by atoms with Gasteiger partial charge in [0.1, 0.15) is 17.2 Å². The van der Waals surface area contributed by atoms with Crippen LogP contribution in [0.1, 0.15) is 16.7 Å². The summed E-state index contributed by atoms with van der Waals surface area (Å²) in [6.07, 6.45) is 1.21. The van der Waals surface area contributed by atoms with Gasteiger partial charge >= 0.3 is 11.5 Å². The summed E-state index contributed by atoms with van der Waals surface area (Å²) in [7, 11) is 0. The molecule has 1 unspecified atom stereocenters. The zero-order chi connectivity index (χ0) is 23.6. The molecule has 0 saturated carbocycles. The number of hydrogen-bond donors (Lipinski definition) is 0. The molecule has 1 aliphatic rings. The first kappa shape index (κ1) is 22.3. The Morgan fingerprint density at radius 3 is 1.97 bits per heavy atom. The van der Waals surface area contributed by atoms with Crippen LogP contribution in [0.25, 0.3) is 0 Å². The number of nitrogens with zero attached hydrogens (tertiary/aromatic N) is 3. The molecule has 0 heterocycles. The second-order valence-electron chi connectivity index (χ2n) is 7.12. The number of rotatable bonds is 7. The van der Waals surface area contributed by atoms with E-state index in [-0.39, 0.29) is 11.5 Å². The van der Waals surface area contributed by atoms with Crippen molar-refractivity contribution in [3.63, 3.8) is 0 Å². The molecular weight excluding hydrogens is 422 g/mol. The highest BCUT2D eigenvalue weighted by Gasteiger charge is 2.59. The van der Waals surface area contributed by atoms with Gasteiger partial charge in [0.05, 0.1) is 4.92 Å². The summed E-state index contributed by atoms with van der Waals surface area (Å²) in [6, 6.07) is 10.1. The molecule has 2 aromatic rings. The number of allylic oxidation sites excluding steroid dienone is 1. The van der Waals surface area contributed by atoms with Gasteiger partial charge in [0.25, 0.3) is 0 Å². The summed E-state index contributed by atoms with van der Waals surface area (Å²) in [5.41, 5.74) is 0.146. The molecule has 32 heavy (non-hydrogen) atoms. The van der Waals surface area contributed by atoms with Crippen molar-refractivity contribution in [1.29, 1.82) is 0 Å². The van der Waals surface area contributed by atoms with Gasteiger partial charge in [-0.25, -0.2) is 0 Å². The van der Waals surface area contributed by atoms with Crippen LogP contribution < -0.4 is 9.47 Å². The van der Waals surface area contributed by atoms with Crippen LogP contribution in [-0.2, 0) is 0 Å². The van der Waals surface area contributed by atoms with Gasteiger partial charge in [-0.1, -0.05) is 42.0 Å². The van der Waals surface area contributed by atoms with Crippen molar-refractivity contribution in [1.82, 2.24) is 0 Å². The first-order valence-corrected chi connectivity index (χ1v) is 9.30. The molecule has 1 aliphatic carbocycles. The van der Waals surface area contributed by atoms with Crippen LogP contribution in [0.3, 0.4) is 0 Å². The third-order valence-electron chi connectivity index (χ3n) is 4.70. The summed E-state index contributed by atoms with van der Waals surface area (Å²) < 4.78 is 11.7.